The number of carboxylic acid groups (broad SMARTS) is 2. The predicted octanol–water partition coefficient (Wildman–Crippen LogP) is 1.23. The van der Waals surface area contributed by atoms with Gasteiger partial charge in [-0.2, -0.15) is 0 Å². The molecule has 6 heteroatoms. The van der Waals surface area contributed by atoms with Gasteiger partial charge in [-0.3, -0.25) is 9.59 Å². The number of aliphatic carboxylic acids is 2. The molecule has 0 aliphatic rings. The molecule has 0 amide bonds. The van der Waals surface area contributed by atoms with E-state index in [0.29, 0.717) is 5.56 Å². The van der Waals surface area contributed by atoms with Crippen LogP contribution in [0.5, 0.6) is 0 Å². The molecule has 0 bridgehead atoms. The summed E-state index contributed by atoms with van der Waals surface area (Å²) in [7, 11) is 0. The van der Waals surface area contributed by atoms with Crippen molar-refractivity contribution < 1.29 is 24.2 Å². The summed E-state index contributed by atoms with van der Waals surface area (Å²) >= 11 is 0. The minimum atomic E-state index is -1.15. The lowest BCUT2D eigenvalue weighted by Crippen LogP contribution is -2.36. The second kappa shape index (κ2) is 6.70. The summed E-state index contributed by atoms with van der Waals surface area (Å²) in [5.74, 6) is -2.63. The number of halogens is 1. The third-order valence-electron chi connectivity index (χ3n) is 2.44. The molecule has 0 heterocycles. The molecule has 98 valence electrons. The average molecular weight is 255 g/mol. The molecular weight excluding hydrogens is 241 g/mol. The highest BCUT2D eigenvalue weighted by atomic mass is 19.1. The van der Waals surface area contributed by atoms with Crippen LogP contribution in [0.15, 0.2) is 24.3 Å². The summed E-state index contributed by atoms with van der Waals surface area (Å²) < 4.78 is 13.3. The third-order valence-corrected chi connectivity index (χ3v) is 2.44. The van der Waals surface area contributed by atoms with Crippen molar-refractivity contribution in [3.63, 3.8) is 0 Å². The van der Waals surface area contributed by atoms with E-state index in [1.165, 1.54) is 12.1 Å². The van der Waals surface area contributed by atoms with E-state index >= 15 is 0 Å². The van der Waals surface area contributed by atoms with Crippen LogP contribution in [0.2, 0.25) is 0 Å². The van der Waals surface area contributed by atoms with Crippen molar-refractivity contribution in [2.24, 2.45) is 0 Å². The Labute approximate surface area is 103 Å². The smallest absolute Gasteiger partial charge is 0.320 e. The Bertz CT molecular complexity index is 436. The molecule has 0 aromatic heterocycles. The Kier molecular flexibility index (Phi) is 5.26. The zero-order valence-electron chi connectivity index (χ0n) is 9.60. The van der Waals surface area contributed by atoms with Gasteiger partial charge in [-0.05, 0) is 12.5 Å². The zero-order valence-corrected chi connectivity index (χ0v) is 9.60. The molecule has 0 fully saturated rings. The van der Waals surface area contributed by atoms with Crippen molar-refractivity contribution in [1.82, 2.24) is 5.32 Å². The van der Waals surface area contributed by atoms with Gasteiger partial charge in [0.25, 0.3) is 0 Å². The van der Waals surface area contributed by atoms with Crippen molar-refractivity contribution >= 4 is 11.9 Å². The topological polar surface area (TPSA) is 86.6 Å². The fourth-order valence-corrected chi connectivity index (χ4v) is 1.46. The molecule has 18 heavy (non-hydrogen) atoms. The zero-order chi connectivity index (χ0) is 13.5. The number of nitrogens with one attached hydrogen (secondary N) is 1. The van der Waals surface area contributed by atoms with Gasteiger partial charge in [0.2, 0.25) is 0 Å². The Balaban J connectivity index is 2.55. The third kappa shape index (κ3) is 4.50. The van der Waals surface area contributed by atoms with Crippen LogP contribution >= 0.6 is 0 Å². The number of hydrogen-bond donors (Lipinski definition) is 3. The number of benzene rings is 1. The largest absolute Gasteiger partial charge is 0.481 e. The molecule has 0 saturated heterocycles. The van der Waals surface area contributed by atoms with Crippen LogP contribution in [-0.2, 0) is 16.1 Å². The van der Waals surface area contributed by atoms with Crippen LogP contribution in [0.3, 0.4) is 0 Å². The lowest BCUT2D eigenvalue weighted by molar-refractivity contribution is -0.140. The summed E-state index contributed by atoms with van der Waals surface area (Å²) in [4.78, 5) is 21.2. The van der Waals surface area contributed by atoms with Crippen LogP contribution < -0.4 is 5.32 Å². The average Bonchev–Trinajstić information content (AvgIpc) is 2.30. The minimum Gasteiger partial charge on any atom is -0.481 e. The van der Waals surface area contributed by atoms with Gasteiger partial charge in [-0.25, -0.2) is 4.39 Å². The Morgan fingerprint density at radius 1 is 1.28 bits per heavy atom. The first-order valence-electron chi connectivity index (χ1n) is 5.42. The standard InChI is InChI=1S/C12H14FNO4/c13-9-4-2-1-3-8(9)7-14-10(12(17)18)5-6-11(15)16/h1-4,10,14H,5-7H2,(H,15,16)(H,17,18)/t10-/m0/s1. The maximum atomic E-state index is 13.3. The van der Waals surface area contributed by atoms with Crippen molar-refractivity contribution in [3.8, 4) is 0 Å². The number of carboxylic acids is 2. The molecule has 1 aromatic carbocycles. The molecule has 3 N–H and O–H groups in total. The maximum absolute atomic E-state index is 13.3. The van der Waals surface area contributed by atoms with E-state index in [1.807, 2.05) is 0 Å². The van der Waals surface area contributed by atoms with Crippen molar-refractivity contribution in [1.29, 1.82) is 0 Å². The molecule has 0 saturated carbocycles. The minimum absolute atomic E-state index is 0.0425. The van der Waals surface area contributed by atoms with Gasteiger partial charge in [0.1, 0.15) is 11.9 Å². The van der Waals surface area contributed by atoms with Gasteiger partial charge in [0.05, 0.1) is 0 Å². The lowest BCUT2D eigenvalue weighted by atomic mass is 10.1. The fourth-order valence-electron chi connectivity index (χ4n) is 1.46. The van der Waals surface area contributed by atoms with E-state index < -0.39 is 23.8 Å². The number of hydrogen-bond acceptors (Lipinski definition) is 3. The first kappa shape index (κ1) is 14.1. The molecule has 0 unspecified atom stereocenters. The maximum Gasteiger partial charge on any atom is 0.320 e. The second-order valence-corrected chi connectivity index (χ2v) is 3.80. The highest BCUT2D eigenvalue weighted by molar-refractivity contribution is 5.75. The van der Waals surface area contributed by atoms with E-state index in [0.717, 1.165) is 0 Å². The van der Waals surface area contributed by atoms with Gasteiger partial charge >= 0.3 is 11.9 Å². The summed E-state index contributed by atoms with van der Waals surface area (Å²) in [6, 6.07) is 5.01. The van der Waals surface area contributed by atoms with Gasteiger partial charge < -0.3 is 15.5 Å². The first-order valence-corrected chi connectivity index (χ1v) is 5.42. The van der Waals surface area contributed by atoms with Gasteiger partial charge in [-0.1, -0.05) is 18.2 Å². The molecule has 5 nitrogen and oxygen atoms in total. The van der Waals surface area contributed by atoms with E-state index in [2.05, 4.69) is 5.32 Å². The quantitative estimate of drug-likeness (QED) is 0.682. The Morgan fingerprint density at radius 2 is 1.94 bits per heavy atom. The van der Waals surface area contributed by atoms with E-state index in [-0.39, 0.29) is 19.4 Å². The molecule has 0 spiro atoms. The lowest BCUT2D eigenvalue weighted by Gasteiger charge is -2.13. The van der Waals surface area contributed by atoms with Crippen molar-refractivity contribution in [3.05, 3.63) is 35.6 Å². The van der Waals surface area contributed by atoms with Gasteiger partial charge in [0, 0.05) is 18.5 Å². The van der Waals surface area contributed by atoms with Crippen LogP contribution in [0.1, 0.15) is 18.4 Å². The highest BCUT2D eigenvalue weighted by Gasteiger charge is 2.18. The van der Waals surface area contributed by atoms with Crippen LogP contribution in [0.25, 0.3) is 0 Å². The highest BCUT2D eigenvalue weighted by Crippen LogP contribution is 2.07. The van der Waals surface area contributed by atoms with E-state index in [1.54, 1.807) is 12.1 Å². The first-order chi connectivity index (χ1) is 8.50. The molecule has 0 radical (unpaired) electrons. The SMILES string of the molecule is O=C(O)CC[C@H](NCc1ccccc1F)C(=O)O. The predicted molar refractivity (Wildman–Crippen MR) is 61.5 cm³/mol. The van der Waals surface area contributed by atoms with Crippen molar-refractivity contribution in [2.75, 3.05) is 0 Å². The molecule has 1 aromatic rings. The fraction of sp³-hybridized carbons (Fsp3) is 0.333. The molecule has 1 atom stereocenters. The molecular formula is C12H14FNO4. The number of rotatable bonds is 7. The van der Waals surface area contributed by atoms with Crippen LogP contribution in [0.4, 0.5) is 4.39 Å². The van der Waals surface area contributed by atoms with Crippen LogP contribution in [-0.4, -0.2) is 28.2 Å². The van der Waals surface area contributed by atoms with Crippen molar-refractivity contribution in [2.45, 2.75) is 25.4 Å². The number of carbonyl (C=O) groups is 2. The Hall–Kier alpha value is -1.95. The molecule has 1 rings (SSSR count). The summed E-state index contributed by atoms with van der Waals surface area (Å²) in [5.41, 5.74) is 0.346. The monoisotopic (exact) mass is 255 g/mol. The van der Waals surface area contributed by atoms with Gasteiger partial charge in [-0.15, -0.1) is 0 Å². The molecule has 0 aliphatic heterocycles. The molecule has 0 aliphatic carbocycles. The normalized spacial score (nSPS) is 12.1. The van der Waals surface area contributed by atoms with Crippen LogP contribution in [0, 0.1) is 5.82 Å². The Morgan fingerprint density at radius 3 is 2.50 bits per heavy atom. The summed E-state index contributed by atoms with van der Waals surface area (Å²) in [5, 5.41) is 20.0. The van der Waals surface area contributed by atoms with E-state index in [4.69, 9.17) is 10.2 Å². The second-order valence-electron chi connectivity index (χ2n) is 3.80. The summed E-state index contributed by atoms with van der Waals surface area (Å²) in [6.45, 7) is 0.0449. The van der Waals surface area contributed by atoms with E-state index in [9.17, 15) is 14.0 Å². The van der Waals surface area contributed by atoms with Gasteiger partial charge in [0.15, 0.2) is 0 Å². The summed E-state index contributed by atoms with van der Waals surface area (Å²) in [6.07, 6.45) is -0.291.